The van der Waals surface area contributed by atoms with Gasteiger partial charge >= 0.3 is 0 Å². The average molecular weight is 198 g/mol. The van der Waals surface area contributed by atoms with Gasteiger partial charge in [0.1, 0.15) is 6.54 Å². The Labute approximate surface area is 87.5 Å². The van der Waals surface area contributed by atoms with Crippen molar-refractivity contribution in [3.05, 3.63) is 36.0 Å². The molecule has 74 valence electrons. The Morgan fingerprint density at radius 1 is 1.47 bits per heavy atom. The molecule has 0 saturated heterocycles. The average Bonchev–Trinajstić information content (AvgIpc) is 2.59. The van der Waals surface area contributed by atoms with Crippen molar-refractivity contribution in [1.29, 1.82) is 5.26 Å². The standard InChI is InChI=1S/C12H10N2O/c1-9(15)11-8-14(7-6-13)12-5-3-2-4-10(11)12/h2-5,8H,7H2,1H3. The molecular formula is C12H10N2O. The normalized spacial score (nSPS) is 10.1. The van der Waals surface area contributed by atoms with Gasteiger partial charge in [-0.3, -0.25) is 4.79 Å². The molecule has 2 rings (SSSR count). The van der Waals surface area contributed by atoms with E-state index < -0.39 is 0 Å². The van der Waals surface area contributed by atoms with E-state index >= 15 is 0 Å². The van der Waals surface area contributed by atoms with Gasteiger partial charge in [-0.2, -0.15) is 5.26 Å². The number of para-hydroxylation sites is 1. The molecular weight excluding hydrogens is 188 g/mol. The number of benzene rings is 1. The number of Topliss-reactive ketones (excluding diaryl/α,β-unsaturated/α-hetero) is 1. The zero-order valence-electron chi connectivity index (χ0n) is 8.40. The predicted octanol–water partition coefficient (Wildman–Crippen LogP) is 2.37. The minimum atomic E-state index is 0.0305. The summed E-state index contributed by atoms with van der Waals surface area (Å²) in [5, 5.41) is 9.59. The Balaban J connectivity index is 2.74. The minimum Gasteiger partial charge on any atom is -0.333 e. The van der Waals surface area contributed by atoms with Crippen molar-refractivity contribution in [2.24, 2.45) is 0 Å². The van der Waals surface area contributed by atoms with E-state index in [9.17, 15) is 4.79 Å². The summed E-state index contributed by atoms with van der Waals surface area (Å²) < 4.78 is 1.80. The van der Waals surface area contributed by atoms with Crippen LogP contribution in [0.5, 0.6) is 0 Å². The van der Waals surface area contributed by atoms with Gasteiger partial charge in [-0.25, -0.2) is 0 Å². The molecule has 0 aliphatic carbocycles. The summed E-state index contributed by atoms with van der Waals surface area (Å²) in [4.78, 5) is 11.4. The van der Waals surface area contributed by atoms with Crippen LogP contribution in [0.1, 0.15) is 17.3 Å². The van der Waals surface area contributed by atoms with Crippen LogP contribution in [0, 0.1) is 11.3 Å². The van der Waals surface area contributed by atoms with E-state index in [-0.39, 0.29) is 12.3 Å². The Bertz CT molecular complexity index is 560. The van der Waals surface area contributed by atoms with Crippen LogP contribution < -0.4 is 0 Å². The lowest BCUT2D eigenvalue weighted by Crippen LogP contribution is -1.93. The number of nitriles is 1. The van der Waals surface area contributed by atoms with Crippen LogP contribution >= 0.6 is 0 Å². The van der Waals surface area contributed by atoms with Gasteiger partial charge in [-0.15, -0.1) is 0 Å². The summed E-state index contributed by atoms with van der Waals surface area (Å²) in [6.07, 6.45) is 1.75. The van der Waals surface area contributed by atoms with Gasteiger partial charge in [0.25, 0.3) is 0 Å². The van der Waals surface area contributed by atoms with Crippen molar-refractivity contribution in [2.45, 2.75) is 13.5 Å². The molecule has 0 N–H and O–H groups in total. The van der Waals surface area contributed by atoms with Gasteiger partial charge in [-0.05, 0) is 13.0 Å². The third-order valence-electron chi connectivity index (χ3n) is 2.41. The highest BCUT2D eigenvalue weighted by molar-refractivity contribution is 6.06. The first kappa shape index (κ1) is 9.47. The molecule has 0 radical (unpaired) electrons. The molecule has 0 spiro atoms. The quantitative estimate of drug-likeness (QED) is 0.695. The maximum Gasteiger partial charge on any atom is 0.161 e. The van der Waals surface area contributed by atoms with Gasteiger partial charge in [-0.1, -0.05) is 18.2 Å². The van der Waals surface area contributed by atoms with Crippen molar-refractivity contribution in [3.8, 4) is 6.07 Å². The summed E-state index contributed by atoms with van der Waals surface area (Å²) in [5.74, 6) is 0.0305. The molecule has 0 aliphatic rings. The van der Waals surface area contributed by atoms with E-state index in [0.29, 0.717) is 5.56 Å². The lowest BCUT2D eigenvalue weighted by atomic mass is 10.1. The maximum absolute atomic E-state index is 11.4. The zero-order valence-corrected chi connectivity index (χ0v) is 8.40. The molecule has 0 saturated carbocycles. The lowest BCUT2D eigenvalue weighted by molar-refractivity contribution is 0.101. The number of nitrogens with zero attached hydrogens (tertiary/aromatic N) is 2. The Morgan fingerprint density at radius 2 is 2.20 bits per heavy atom. The topological polar surface area (TPSA) is 45.8 Å². The number of carbonyl (C=O) groups excluding carboxylic acids is 1. The van der Waals surface area contributed by atoms with Crippen LogP contribution in [-0.4, -0.2) is 10.4 Å². The number of fused-ring (bicyclic) bond motifs is 1. The van der Waals surface area contributed by atoms with Crippen LogP contribution in [0.25, 0.3) is 10.9 Å². The molecule has 2 aromatic rings. The van der Waals surface area contributed by atoms with Crippen molar-refractivity contribution in [3.63, 3.8) is 0 Å². The molecule has 0 bridgehead atoms. The Kier molecular flexibility index (Phi) is 2.26. The molecule has 15 heavy (non-hydrogen) atoms. The van der Waals surface area contributed by atoms with Gasteiger partial charge in [0.15, 0.2) is 5.78 Å². The number of aromatic nitrogens is 1. The van der Waals surface area contributed by atoms with Crippen LogP contribution in [0.2, 0.25) is 0 Å². The molecule has 1 aromatic carbocycles. The number of hydrogen-bond donors (Lipinski definition) is 0. The van der Waals surface area contributed by atoms with Crippen molar-refractivity contribution < 1.29 is 4.79 Å². The highest BCUT2D eigenvalue weighted by Gasteiger charge is 2.10. The molecule has 1 aromatic heterocycles. The van der Waals surface area contributed by atoms with E-state index in [2.05, 4.69) is 6.07 Å². The van der Waals surface area contributed by atoms with Crippen LogP contribution in [0.15, 0.2) is 30.5 Å². The monoisotopic (exact) mass is 198 g/mol. The number of ketones is 1. The van der Waals surface area contributed by atoms with Crippen LogP contribution in [0.3, 0.4) is 0 Å². The second-order valence-electron chi connectivity index (χ2n) is 3.40. The molecule has 1 heterocycles. The fourth-order valence-corrected chi connectivity index (χ4v) is 1.73. The van der Waals surface area contributed by atoms with E-state index in [1.807, 2.05) is 24.3 Å². The van der Waals surface area contributed by atoms with E-state index in [1.54, 1.807) is 17.7 Å². The fourth-order valence-electron chi connectivity index (χ4n) is 1.73. The lowest BCUT2D eigenvalue weighted by Gasteiger charge is -1.96. The first-order chi connectivity index (χ1) is 7.24. The number of carbonyl (C=O) groups is 1. The summed E-state index contributed by atoms with van der Waals surface area (Å²) in [6, 6.07) is 9.70. The second kappa shape index (κ2) is 3.58. The molecule has 3 heteroatoms. The summed E-state index contributed by atoms with van der Waals surface area (Å²) in [7, 11) is 0. The Hall–Kier alpha value is -2.08. The zero-order chi connectivity index (χ0) is 10.8. The molecule has 0 atom stereocenters. The van der Waals surface area contributed by atoms with Crippen LogP contribution in [-0.2, 0) is 6.54 Å². The first-order valence-corrected chi connectivity index (χ1v) is 4.70. The maximum atomic E-state index is 11.4. The predicted molar refractivity (Wildman–Crippen MR) is 57.6 cm³/mol. The van der Waals surface area contributed by atoms with Crippen LogP contribution in [0.4, 0.5) is 0 Å². The number of hydrogen-bond acceptors (Lipinski definition) is 2. The highest BCUT2D eigenvalue weighted by atomic mass is 16.1. The van der Waals surface area contributed by atoms with Gasteiger partial charge in [0.05, 0.1) is 6.07 Å². The van der Waals surface area contributed by atoms with E-state index in [1.165, 1.54) is 0 Å². The smallest absolute Gasteiger partial charge is 0.161 e. The molecule has 0 aliphatic heterocycles. The number of rotatable bonds is 2. The van der Waals surface area contributed by atoms with Gasteiger partial charge in [0.2, 0.25) is 0 Å². The summed E-state index contributed by atoms with van der Waals surface area (Å²) in [5.41, 5.74) is 1.62. The molecule has 3 nitrogen and oxygen atoms in total. The van der Waals surface area contributed by atoms with Gasteiger partial charge in [0, 0.05) is 22.7 Å². The minimum absolute atomic E-state index is 0.0305. The largest absolute Gasteiger partial charge is 0.333 e. The van der Waals surface area contributed by atoms with Gasteiger partial charge < -0.3 is 4.57 Å². The van der Waals surface area contributed by atoms with Crippen molar-refractivity contribution in [1.82, 2.24) is 4.57 Å². The van der Waals surface area contributed by atoms with E-state index in [0.717, 1.165) is 10.9 Å². The third-order valence-corrected chi connectivity index (χ3v) is 2.41. The SMILES string of the molecule is CC(=O)c1cn(CC#N)c2ccccc12. The molecule has 0 fully saturated rings. The summed E-state index contributed by atoms with van der Waals surface area (Å²) >= 11 is 0. The second-order valence-corrected chi connectivity index (χ2v) is 3.40. The van der Waals surface area contributed by atoms with E-state index in [4.69, 9.17) is 5.26 Å². The molecule has 0 unspecified atom stereocenters. The Morgan fingerprint density at radius 3 is 2.87 bits per heavy atom. The summed E-state index contributed by atoms with van der Waals surface area (Å²) in [6.45, 7) is 1.81. The van der Waals surface area contributed by atoms with Crippen molar-refractivity contribution in [2.75, 3.05) is 0 Å². The fraction of sp³-hybridized carbons (Fsp3) is 0.167. The van der Waals surface area contributed by atoms with Crippen molar-refractivity contribution >= 4 is 16.7 Å². The molecule has 0 amide bonds. The third kappa shape index (κ3) is 1.50. The highest BCUT2D eigenvalue weighted by Crippen LogP contribution is 2.21. The first-order valence-electron chi connectivity index (χ1n) is 4.70.